The third-order valence-electron chi connectivity index (χ3n) is 0.814. The van der Waals surface area contributed by atoms with Crippen LogP contribution in [0.1, 0.15) is 13.3 Å². The molecule has 1 atom stereocenters. The molecule has 0 radical (unpaired) electrons. The van der Waals surface area contributed by atoms with E-state index in [1.54, 1.807) is 7.05 Å². The fraction of sp³-hybridized carbons (Fsp3) is 0.800. The van der Waals surface area contributed by atoms with Gasteiger partial charge in [0, 0.05) is 6.42 Å². The predicted octanol–water partition coefficient (Wildman–Crippen LogP) is -0.497. The summed E-state index contributed by atoms with van der Waals surface area (Å²) < 4.78 is 0. The Balaban J connectivity index is 3.24. The summed E-state index contributed by atoms with van der Waals surface area (Å²) >= 11 is 0. The van der Waals surface area contributed by atoms with Gasteiger partial charge in [0.1, 0.15) is 12.0 Å². The van der Waals surface area contributed by atoms with Crippen LogP contribution >= 0.6 is 0 Å². The Kier molecular flexibility index (Phi) is 3.39. The summed E-state index contributed by atoms with van der Waals surface area (Å²) in [6.07, 6.45) is -0.483. The summed E-state index contributed by atoms with van der Waals surface area (Å²) in [5.41, 5.74) is 0. The van der Waals surface area contributed by atoms with Gasteiger partial charge in [-0.2, -0.15) is 0 Å². The van der Waals surface area contributed by atoms with Crippen molar-refractivity contribution in [1.82, 2.24) is 5.32 Å². The zero-order valence-corrected chi connectivity index (χ0v) is 5.14. The first-order valence-corrected chi connectivity index (χ1v) is 2.51. The molecular weight excluding hydrogens is 106 g/mol. The fourth-order valence-corrected chi connectivity index (χ4v) is 0.374. The van der Waals surface area contributed by atoms with Gasteiger partial charge in [0.25, 0.3) is 0 Å². The van der Waals surface area contributed by atoms with Crippen molar-refractivity contribution >= 4 is 5.78 Å². The molecule has 0 amide bonds. The highest BCUT2D eigenvalue weighted by Crippen LogP contribution is 1.84. The highest BCUT2D eigenvalue weighted by atomic mass is 16.3. The maximum Gasteiger partial charge on any atom is 0.133 e. The second-order valence-electron chi connectivity index (χ2n) is 1.71. The lowest BCUT2D eigenvalue weighted by atomic mass is 10.3. The van der Waals surface area contributed by atoms with Crippen molar-refractivity contribution in [3.63, 3.8) is 0 Å². The van der Waals surface area contributed by atoms with Crippen molar-refractivity contribution in [2.45, 2.75) is 19.6 Å². The molecule has 0 spiro atoms. The monoisotopic (exact) mass is 117 g/mol. The van der Waals surface area contributed by atoms with Gasteiger partial charge in [-0.15, -0.1) is 0 Å². The lowest BCUT2D eigenvalue weighted by molar-refractivity contribution is -0.119. The molecule has 0 aliphatic carbocycles. The van der Waals surface area contributed by atoms with Crippen molar-refractivity contribution in [3.8, 4) is 0 Å². The van der Waals surface area contributed by atoms with E-state index in [0.29, 0.717) is 0 Å². The highest BCUT2D eigenvalue weighted by Gasteiger charge is 2.01. The molecule has 8 heavy (non-hydrogen) atoms. The van der Waals surface area contributed by atoms with E-state index in [0.717, 1.165) is 0 Å². The summed E-state index contributed by atoms with van der Waals surface area (Å²) in [4.78, 5) is 10.2. The summed E-state index contributed by atoms with van der Waals surface area (Å²) in [5, 5.41) is 11.2. The number of ketones is 1. The molecule has 0 aromatic heterocycles. The fourth-order valence-electron chi connectivity index (χ4n) is 0.374. The first-order chi connectivity index (χ1) is 3.66. The molecule has 0 fully saturated rings. The van der Waals surface area contributed by atoms with Gasteiger partial charge in [0.05, 0.1) is 0 Å². The number of hydrogen-bond acceptors (Lipinski definition) is 3. The van der Waals surface area contributed by atoms with Gasteiger partial charge < -0.3 is 5.11 Å². The van der Waals surface area contributed by atoms with Crippen LogP contribution in [0, 0.1) is 0 Å². The maximum absolute atomic E-state index is 10.2. The van der Waals surface area contributed by atoms with Crippen LogP contribution in [0.25, 0.3) is 0 Å². The van der Waals surface area contributed by atoms with Crippen LogP contribution in [0.2, 0.25) is 0 Å². The Hall–Kier alpha value is -0.410. The van der Waals surface area contributed by atoms with Crippen LogP contribution in [0.3, 0.4) is 0 Å². The van der Waals surface area contributed by atoms with Gasteiger partial charge in [0.15, 0.2) is 0 Å². The van der Waals surface area contributed by atoms with E-state index in [-0.39, 0.29) is 12.2 Å². The van der Waals surface area contributed by atoms with E-state index in [1.807, 2.05) is 0 Å². The van der Waals surface area contributed by atoms with E-state index in [9.17, 15) is 4.79 Å². The van der Waals surface area contributed by atoms with Crippen LogP contribution < -0.4 is 5.32 Å². The molecule has 0 aliphatic rings. The molecule has 0 saturated heterocycles. The van der Waals surface area contributed by atoms with Crippen molar-refractivity contribution in [2.24, 2.45) is 0 Å². The van der Waals surface area contributed by atoms with Gasteiger partial charge in [-0.3, -0.25) is 10.1 Å². The minimum Gasteiger partial charge on any atom is -0.378 e. The molecule has 0 bridgehead atoms. The maximum atomic E-state index is 10.2. The van der Waals surface area contributed by atoms with Crippen LogP contribution in [0.15, 0.2) is 0 Å². The topological polar surface area (TPSA) is 49.3 Å². The molecular formula is C5H11NO2. The minimum atomic E-state index is -0.674. The number of aliphatic hydroxyl groups excluding tert-OH is 1. The lowest BCUT2D eigenvalue weighted by Crippen LogP contribution is -2.26. The zero-order chi connectivity index (χ0) is 6.57. The number of rotatable bonds is 3. The largest absolute Gasteiger partial charge is 0.378 e. The van der Waals surface area contributed by atoms with Crippen molar-refractivity contribution < 1.29 is 9.90 Å². The average Bonchev–Trinajstić information content (AvgIpc) is 1.65. The molecule has 0 aromatic carbocycles. The van der Waals surface area contributed by atoms with Gasteiger partial charge in [-0.25, -0.2) is 0 Å². The summed E-state index contributed by atoms with van der Waals surface area (Å²) in [6, 6.07) is 0. The standard InChI is InChI=1S/C5H11NO2/c1-4(7)3-5(8)6-2/h5-6,8H,3H2,1-2H3. The Labute approximate surface area is 48.7 Å². The van der Waals surface area contributed by atoms with Crippen LogP contribution in [-0.4, -0.2) is 24.2 Å². The molecule has 3 heteroatoms. The molecule has 3 nitrogen and oxygen atoms in total. The molecule has 2 N–H and O–H groups in total. The van der Waals surface area contributed by atoms with Crippen molar-refractivity contribution in [1.29, 1.82) is 0 Å². The Morgan fingerprint density at radius 1 is 1.88 bits per heavy atom. The molecule has 48 valence electrons. The number of aliphatic hydroxyl groups is 1. The molecule has 0 saturated carbocycles. The third-order valence-corrected chi connectivity index (χ3v) is 0.814. The van der Waals surface area contributed by atoms with E-state index >= 15 is 0 Å². The molecule has 0 aliphatic heterocycles. The second-order valence-corrected chi connectivity index (χ2v) is 1.71. The zero-order valence-electron chi connectivity index (χ0n) is 5.14. The SMILES string of the molecule is CNC(O)CC(C)=O. The van der Waals surface area contributed by atoms with Gasteiger partial charge >= 0.3 is 0 Å². The van der Waals surface area contributed by atoms with Crippen LogP contribution in [0.4, 0.5) is 0 Å². The number of carbonyl (C=O) groups is 1. The predicted molar refractivity (Wildman–Crippen MR) is 30.4 cm³/mol. The Morgan fingerprint density at radius 3 is 2.50 bits per heavy atom. The first-order valence-electron chi connectivity index (χ1n) is 2.51. The third kappa shape index (κ3) is 3.77. The molecule has 0 rings (SSSR count). The number of hydrogen-bond donors (Lipinski definition) is 2. The minimum absolute atomic E-state index is 0.00755. The molecule has 1 unspecified atom stereocenters. The smallest absolute Gasteiger partial charge is 0.133 e. The summed E-state index contributed by atoms with van der Waals surface area (Å²) in [5.74, 6) is -0.00755. The second kappa shape index (κ2) is 3.57. The van der Waals surface area contributed by atoms with Gasteiger partial charge in [0.2, 0.25) is 0 Å². The summed E-state index contributed by atoms with van der Waals surface area (Å²) in [7, 11) is 1.60. The van der Waals surface area contributed by atoms with E-state index < -0.39 is 6.23 Å². The van der Waals surface area contributed by atoms with E-state index in [2.05, 4.69) is 5.32 Å². The first kappa shape index (κ1) is 7.59. The molecule has 0 heterocycles. The van der Waals surface area contributed by atoms with Crippen molar-refractivity contribution in [2.75, 3.05) is 7.05 Å². The number of carbonyl (C=O) groups excluding carboxylic acids is 1. The van der Waals surface area contributed by atoms with Crippen LogP contribution in [0.5, 0.6) is 0 Å². The summed E-state index contributed by atoms with van der Waals surface area (Å²) in [6.45, 7) is 1.44. The number of Topliss-reactive ketones (excluding diaryl/α,β-unsaturated/α-hetero) is 1. The quantitative estimate of drug-likeness (QED) is 0.490. The van der Waals surface area contributed by atoms with Gasteiger partial charge in [-0.1, -0.05) is 0 Å². The highest BCUT2D eigenvalue weighted by molar-refractivity contribution is 5.75. The average molecular weight is 117 g/mol. The van der Waals surface area contributed by atoms with Crippen LogP contribution in [-0.2, 0) is 4.79 Å². The normalized spacial score (nSPS) is 13.4. The van der Waals surface area contributed by atoms with Crippen molar-refractivity contribution in [3.05, 3.63) is 0 Å². The Morgan fingerprint density at radius 2 is 2.38 bits per heavy atom. The van der Waals surface area contributed by atoms with E-state index in [4.69, 9.17) is 5.11 Å². The number of nitrogens with one attached hydrogen (secondary N) is 1. The van der Waals surface area contributed by atoms with E-state index in [1.165, 1.54) is 6.92 Å². The lowest BCUT2D eigenvalue weighted by Gasteiger charge is -2.03. The molecule has 0 aromatic rings. The Bertz CT molecular complexity index is 82.5. The van der Waals surface area contributed by atoms with Gasteiger partial charge in [-0.05, 0) is 14.0 Å².